The second kappa shape index (κ2) is 3.56. The lowest BCUT2D eigenvalue weighted by atomic mass is 10.1. The van der Waals surface area contributed by atoms with Gasteiger partial charge < -0.3 is 14.8 Å². The van der Waals surface area contributed by atoms with E-state index in [4.69, 9.17) is 9.47 Å². The van der Waals surface area contributed by atoms with Crippen molar-refractivity contribution in [1.82, 2.24) is 4.98 Å². The maximum atomic E-state index is 5.36. The molecule has 82 valence electrons. The van der Waals surface area contributed by atoms with Crippen LogP contribution in [0.5, 0.6) is 11.5 Å². The Kier molecular flexibility index (Phi) is 2.06. The molecule has 2 heterocycles. The summed E-state index contributed by atoms with van der Waals surface area (Å²) in [6.07, 6.45) is 1.79. The topological polar surface area (TPSA) is 43.4 Å². The third-order valence-electron chi connectivity index (χ3n) is 2.60. The molecule has 0 amide bonds. The third kappa shape index (κ3) is 1.34. The monoisotopic (exact) mass is 216 g/mol. The van der Waals surface area contributed by atoms with Crippen LogP contribution in [0.4, 0.5) is 5.82 Å². The largest absolute Gasteiger partial charge is 0.454 e. The van der Waals surface area contributed by atoms with Gasteiger partial charge >= 0.3 is 0 Å². The molecule has 1 aliphatic rings. The Hall–Kier alpha value is -1.97. The normalized spacial score (nSPS) is 13.1. The molecule has 3 rings (SSSR count). The summed E-state index contributed by atoms with van der Waals surface area (Å²) in [5, 5.41) is 5.40. The van der Waals surface area contributed by atoms with Crippen molar-refractivity contribution in [3.63, 3.8) is 0 Å². The molecule has 0 bridgehead atoms. The highest BCUT2D eigenvalue weighted by Gasteiger charge is 2.15. The van der Waals surface area contributed by atoms with E-state index in [1.807, 2.05) is 25.1 Å². The van der Waals surface area contributed by atoms with E-state index in [-0.39, 0.29) is 0 Å². The number of anilines is 1. The molecule has 2 aromatic rings. The third-order valence-corrected chi connectivity index (χ3v) is 2.60. The lowest BCUT2D eigenvalue weighted by Gasteiger charge is -2.07. The summed E-state index contributed by atoms with van der Waals surface area (Å²) in [6, 6.07) is 5.93. The Balaban J connectivity index is 2.23. The summed E-state index contributed by atoms with van der Waals surface area (Å²) in [6.45, 7) is 3.20. The average Bonchev–Trinajstić information content (AvgIpc) is 2.74. The summed E-state index contributed by atoms with van der Waals surface area (Å²) >= 11 is 0. The second-order valence-electron chi connectivity index (χ2n) is 3.62. The molecule has 0 aliphatic carbocycles. The maximum Gasteiger partial charge on any atom is 0.231 e. The molecule has 1 N–H and O–H groups in total. The Bertz CT molecular complexity index is 540. The van der Waals surface area contributed by atoms with E-state index < -0.39 is 0 Å². The van der Waals surface area contributed by atoms with Crippen molar-refractivity contribution in [1.29, 1.82) is 0 Å². The van der Waals surface area contributed by atoms with Crippen molar-refractivity contribution < 1.29 is 9.47 Å². The van der Waals surface area contributed by atoms with Crippen molar-refractivity contribution in [2.75, 3.05) is 18.7 Å². The number of ether oxygens (including phenoxy) is 2. The summed E-state index contributed by atoms with van der Waals surface area (Å²) in [7, 11) is 0. The highest BCUT2D eigenvalue weighted by Crippen LogP contribution is 2.37. The van der Waals surface area contributed by atoms with Crippen LogP contribution in [-0.4, -0.2) is 18.3 Å². The van der Waals surface area contributed by atoms with Crippen molar-refractivity contribution in [2.24, 2.45) is 0 Å². The molecule has 0 spiro atoms. The quantitative estimate of drug-likeness (QED) is 0.837. The lowest BCUT2D eigenvalue weighted by molar-refractivity contribution is 0.174. The zero-order chi connectivity index (χ0) is 11.0. The number of benzene rings is 1. The van der Waals surface area contributed by atoms with Crippen LogP contribution in [0.1, 0.15) is 6.92 Å². The van der Waals surface area contributed by atoms with Crippen LogP contribution in [0.2, 0.25) is 0 Å². The molecule has 0 saturated carbocycles. The van der Waals surface area contributed by atoms with Gasteiger partial charge in [0.25, 0.3) is 0 Å². The van der Waals surface area contributed by atoms with Gasteiger partial charge in [-0.05, 0) is 30.5 Å². The number of hydrogen-bond donors (Lipinski definition) is 1. The molecule has 0 atom stereocenters. The van der Waals surface area contributed by atoms with Crippen LogP contribution in [0.25, 0.3) is 10.8 Å². The minimum atomic E-state index is 0.301. The molecule has 16 heavy (non-hydrogen) atoms. The van der Waals surface area contributed by atoms with Crippen molar-refractivity contribution in [2.45, 2.75) is 6.92 Å². The van der Waals surface area contributed by atoms with Crippen LogP contribution in [0, 0.1) is 0 Å². The SMILES string of the molecule is CCNc1nccc2cc3c(cc12)OCO3. The Morgan fingerprint density at radius 3 is 2.94 bits per heavy atom. The highest BCUT2D eigenvalue weighted by atomic mass is 16.7. The predicted octanol–water partition coefficient (Wildman–Crippen LogP) is 2.40. The number of rotatable bonds is 2. The molecule has 0 saturated heterocycles. The fourth-order valence-electron chi connectivity index (χ4n) is 1.87. The molecule has 1 aliphatic heterocycles. The van der Waals surface area contributed by atoms with E-state index in [2.05, 4.69) is 10.3 Å². The van der Waals surface area contributed by atoms with Crippen LogP contribution in [-0.2, 0) is 0 Å². The van der Waals surface area contributed by atoms with E-state index in [0.29, 0.717) is 6.79 Å². The van der Waals surface area contributed by atoms with Gasteiger partial charge in [0.05, 0.1) is 0 Å². The van der Waals surface area contributed by atoms with Crippen molar-refractivity contribution >= 4 is 16.6 Å². The number of nitrogens with zero attached hydrogens (tertiary/aromatic N) is 1. The maximum absolute atomic E-state index is 5.36. The van der Waals surface area contributed by atoms with Gasteiger partial charge in [0.1, 0.15) is 5.82 Å². The molecular formula is C12H12N2O2. The van der Waals surface area contributed by atoms with Crippen LogP contribution >= 0.6 is 0 Å². The highest BCUT2D eigenvalue weighted by molar-refractivity contribution is 5.94. The van der Waals surface area contributed by atoms with E-state index in [0.717, 1.165) is 34.6 Å². The molecule has 1 aromatic heterocycles. The first-order valence-corrected chi connectivity index (χ1v) is 5.30. The zero-order valence-electron chi connectivity index (χ0n) is 8.99. The number of fused-ring (bicyclic) bond motifs is 2. The first kappa shape index (κ1) is 9.27. The number of nitrogens with one attached hydrogen (secondary N) is 1. The van der Waals surface area contributed by atoms with Gasteiger partial charge in [0, 0.05) is 18.1 Å². The minimum absolute atomic E-state index is 0.301. The van der Waals surface area contributed by atoms with Crippen molar-refractivity contribution in [3.05, 3.63) is 24.4 Å². The molecule has 1 aromatic carbocycles. The van der Waals surface area contributed by atoms with Crippen LogP contribution in [0.15, 0.2) is 24.4 Å². The van der Waals surface area contributed by atoms with Gasteiger partial charge in [0.2, 0.25) is 6.79 Å². The number of aromatic nitrogens is 1. The van der Waals surface area contributed by atoms with E-state index in [1.54, 1.807) is 6.20 Å². The first-order valence-electron chi connectivity index (χ1n) is 5.30. The van der Waals surface area contributed by atoms with E-state index >= 15 is 0 Å². The summed E-state index contributed by atoms with van der Waals surface area (Å²) in [5.41, 5.74) is 0. The first-order chi connectivity index (χ1) is 7.88. The molecular weight excluding hydrogens is 204 g/mol. The summed E-state index contributed by atoms with van der Waals surface area (Å²) in [5.74, 6) is 2.49. The van der Waals surface area contributed by atoms with Crippen LogP contribution in [0.3, 0.4) is 0 Å². The molecule has 0 fully saturated rings. The molecule has 4 heteroatoms. The van der Waals surface area contributed by atoms with Gasteiger partial charge in [0.15, 0.2) is 11.5 Å². The smallest absolute Gasteiger partial charge is 0.231 e. The van der Waals surface area contributed by atoms with E-state index in [1.165, 1.54) is 0 Å². The molecule has 4 nitrogen and oxygen atoms in total. The van der Waals surface area contributed by atoms with Gasteiger partial charge in [-0.1, -0.05) is 0 Å². The van der Waals surface area contributed by atoms with Gasteiger partial charge in [-0.2, -0.15) is 0 Å². The van der Waals surface area contributed by atoms with Crippen LogP contribution < -0.4 is 14.8 Å². The lowest BCUT2D eigenvalue weighted by Crippen LogP contribution is -1.99. The van der Waals surface area contributed by atoms with Gasteiger partial charge in [-0.3, -0.25) is 0 Å². The van der Waals surface area contributed by atoms with E-state index in [9.17, 15) is 0 Å². The second-order valence-corrected chi connectivity index (χ2v) is 3.62. The number of hydrogen-bond acceptors (Lipinski definition) is 4. The fraction of sp³-hybridized carbons (Fsp3) is 0.250. The number of pyridine rings is 1. The Morgan fingerprint density at radius 1 is 1.31 bits per heavy atom. The van der Waals surface area contributed by atoms with Crippen molar-refractivity contribution in [3.8, 4) is 11.5 Å². The molecule has 0 unspecified atom stereocenters. The zero-order valence-corrected chi connectivity index (χ0v) is 8.99. The fourth-order valence-corrected chi connectivity index (χ4v) is 1.87. The average molecular weight is 216 g/mol. The molecule has 0 radical (unpaired) electrons. The van der Waals surface area contributed by atoms with Gasteiger partial charge in [-0.15, -0.1) is 0 Å². The summed E-state index contributed by atoms with van der Waals surface area (Å²) in [4.78, 5) is 4.31. The Morgan fingerprint density at radius 2 is 2.12 bits per heavy atom. The standard InChI is InChI=1S/C12H12N2O2/c1-2-13-12-9-6-11-10(15-7-16-11)5-8(9)3-4-14-12/h3-6H,2,7H2,1H3,(H,13,14). The van der Waals surface area contributed by atoms with Gasteiger partial charge in [-0.25, -0.2) is 4.98 Å². The summed E-state index contributed by atoms with van der Waals surface area (Å²) < 4.78 is 10.7. The predicted molar refractivity (Wildman–Crippen MR) is 62.0 cm³/mol. The minimum Gasteiger partial charge on any atom is -0.454 e. The Labute approximate surface area is 93.2 Å².